The summed E-state index contributed by atoms with van der Waals surface area (Å²) in [5.41, 5.74) is 0. The SMILES string of the molecule is CC(CNC(=O)c1ccc(C#CCO)s1)N1CCCC1. The highest BCUT2D eigenvalue weighted by molar-refractivity contribution is 7.14. The van der Waals surface area contributed by atoms with E-state index < -0.39 is 0 Å². The van der Waals surface area contributed by atoms with Gasteiger partial charge >= 0.3 is 0 Å². The quantitative estimate of drug-likeness (QED) is 0.823. The molecule has 0 aromatic carbocycles. The summed E-state index contributed by atoms with van der Waals surface area (Å²) in [5, 5.41) is 11.6. The number of aliphatic hydroxyl groups is 1. The Kier molecular flexibility index (Phi) is 5.60. The Morgan fingerprint density at radius 2 is 2.25 bits per heavy atom. The van der Waals surface area contributed by atoms with Crippen molar-refractivity contribution in [2.24, 2.45) is 0 Å². The predicted octanol–water partition coefficient (Wildman–Crippen LogP) is 1.31. The number of carbonyl (C=O) groups is 1. The fraction of sp³-hybridized carbons (Fsp3) is 0.533. The summed E-state index contributed by atoms with van der Waals surface area (Å²) >= 11 is 1.35. The van der Waals surface area contributed by atoms with Crippen LogP contribution in [0.25, 0.3) is 0 Å². The first kappa shape index (κ1) is 15.0. The molecule has 1 aromatic heterocycles. The predicted molar refractivity (Wildman–Crippen MR) is 80.9 cm³/mol. The number of amides is 1. The van der Waals surface area contributed by atoms with Gasteiger partial charge in [-0.15, -0.1) is 11.3 Å². The molecule has 0 aliphatic carbocycles. The summed E-state index contributed by atoms with van der Waals surface area (Å²) in [4.78, 5) is 15.9. The zero-order valence-corrected chi connectivity index (χ0v) is 12.5. The highest BCUT2D eigenvalue weighted by Gasteiger charge is 2.18. The number of hydrogen-bond donors (Lipinski definition) is 2. The smallest absolute Gasteiger partial charge is 0.261 e. The monoisotopic (exact) mass is 292 g/mol. The third-order valence-corrected chi connectivity index (χ3v) is 4.44. The Morgan fingerprint density at radius 1 is 1.50 bits per heavy atom. The van der Waals surface area contributed by atoms with Gasteiger partial charge in [0.15, 0.2) is 0 Å². The Labute approximate surface area is 123 Å². The molecule has 2 rings (SSSR count). The molecule has 1 aliphatic heterocycles. The summed E-state index contributed by atoms with van der Waals surface area (Å²) in [5.74, 6) is 5.35. The fourth-order valence-electron chi connectivity index (χ4n) is 2.29. The van der Waals surface area contributed by atoms with Gasteiger partial charge in [-0.1, -0.05) is 11.8 Å². The lowest BCUT2D eigenvalue weighted by Crippen LogP contribution is -2.40. The summed E-state index contributed by atoms with van der Waals surface area (Å²) < 4.78 is 0. The maximum Gasteiger partial charge on any atom is 0.261 e. The standard InChI is InChI=1S/C15H20N2O2S/c1-12(17-8-2-3-9-17)11-16-15(19)14-7-6-13(20-14)5-4-10-18/h6-7,12,18H,2-3,8-11H2,1H3,(H,16,19). The van der Waals surface area contributed by atoms with Gasteiger partial charge < -0.3 is 10.4 Å². The van der Waals surface area contributed by atoms with E-state index in [2.05, 4.69) is 29.0 Å². The van der Waals surface area contributed by atoms with Gasteiger partial charge in [-0.05, 0) is 45.0 Å². The van der Waals surface area contributed by atoms with Crippen molar-refractivity contribution in [1.82, 2.24) is 10.2 Å². The fourth-order valence-corrected chi connectivity index (χ4v) is 3.09. The van der Waals surface area contributed by atoms with Crippen LogP contribution in [0.5, 0.6) is 0 Å². The second-order valence-corrected chi connectivity index (χ2v) is 6.01. The van der Waals surface area contributed by atoms with Crippen molar-refractivity contribution in [3.05, 3.63) is 21.9 Å². The van der Waals surface area contributed by atoms with Gasteiger partial charge in [0.05, 0.1) is 9.75 Å². The molecule has 1 amide bonds. The topological polar surface area (TPSA) is 52.6 Å². The lowest BCUT2D eigenvalue weighted by molar-refractivity contribution is 0.0944. The van der Waals surface area contributed by atoms with Gasteiger partial charge in [0.2, 0.25) is 0 Å². The minimum atomic E-state index is -0.160. The number of aliphatic hydroxyl groups excluding tert-OH is 1. The highest BCUT2D eigenvalue weighted by Crippen LogP contribution is 2.15. The van der Waals surface area contributed by atoms with E-state index in [0.717, 1.165) is 18.0 Å². The summed E-state index contributed by atoms with van der Waals surface area (Å²) in [6, 6.07) is 3.98. The minimum absolute atomic E-state index is 0.0434. The van der Waals surface area contributed by atoms with Crippen molar-refractivity contribution in [1.29, 1.82) is 0 Å². The van der Waals surface area contributed by atoms with Crippen LogP contribution in [0.2, 0.25) is 0 Å². The van der Waals surface area contributed by atoms with Crippen LogP contribution in [-0.4, -0.2) is 48.2 Å². The van der Waals surface area contributed by atoms with Crippen LogP contribution in [-0.2, 0) is 0 Å². The molecule has 108 valence electrons. The Hall–Kier alpha value is -1.35. The van der Waals surface area contributed by atoms with Crippen molar-refractivity contribution in [2.45, 2.75) is 25.8 Å². The minimum Gasteiger partial charge on any atom is -0.384 e. The maximum atomic E-state index is 12.0. The molecule has 0 bridgehead atoms. The van der Waals surface area contributed by atoms with Crippen molar-refractivity contribution < 1.29 is 9.90 Å². The van der Waals surface area contributed by atoms with Gasteiger partial charge in [-0.2, -0.15) is 0 Å². The largest absolute Gasteiger partial charge is 0.384 e. The highest BCUT2D eigenvalue weighted by atomic mass is 32.1. The number of likely N-dealkylation sites (tertiary alicyclic amines) is 1. The molecule has 1 atom stereocenters. The van der Waals surface area contributed by atoms with Gasteiger partial charge in [-0.25, -0.2) is 0 Å². The zero-order chi connectivity index (χ0) is 14.4. The van der Waals surface area contributed by atoms with E-state index in [-0.39, 0.29) is 12.5 Å². The molecule has 0 spiro atoms. The van der Waals surface area contributed by atoms with Crippen LogP contribution in [0.4, 0.5) is 0 Å². The summed E-state index contributed by atoms with van der Waals surface area (Å²) in [6.45, 7) is 4.94. The van der Waals surface area contributed by atoms with Gasteiger partial charge in [0, 0.05) is 12.6 Å². The molecule has 0 saturated carbocycles. The first-order valence-electron chi connectivity index (χ1n) is 6.92. The van der Waals surface area contributed by atoms with E-state index in [1.807, 2.05) is 6.07 Å². The molecule has 0 radical (unpaired) electrons. The van der Waals surface area contributed by atoms with Gasteiger partial charge in [-0.3, -0.25) is 9.69 Å². The Morgan fingerprint density at radius 3 is 2.95 bits per heavy atom. The average Bonchev–Trinajstić information content (AvgIpc) is 3.12. The van der Waals surface area contributed by atoms with E-state index in [1.165, 1.54) is 24.2 Å². The van der Waals surface area contributed by atoms with E-state index >= 15 is 0 Å². The zero-order valence-electron chi connectivity index (χ0n) is 11.7. The number of nitrogens with zero attached hydrogens (tertiary/aromatic N) is 1. The van der Waals surface area contributed by atoms with Crippen LogP contribution in [0.3, 0.4) is 0 Å². The number of thiophene rings is 1. The first-order valence-corrected chi connectivity index (χ1v) is 7.74. The van der Waals surface area contributed by atoms with Gasteiger partial charge in [0.1, 0.15) is 6.61 Å². The molecule has 1 saturated heterocycles. The van der Waals surface area contributed by atoms with Crippen LogP contribution < -0.4 is 5.32 Å². The van der Waals surface area contributed by atoms with E-state index in [4.69, 9.17) is 5.11 Å². The number of rotatable bonds is 4. The molecule has 1 aromatic rings. The Bertz CT molecular complexity index is 509. The van der Waals surface area contributed by atoms with E-state index in [1.54, 1.807) is 6.07 Å². The second kappa shape index (κ2) is 7.44. The van der Waals surface area contributed by atoms with E-state index in [9.17, 15) is 4.79 Å². The van der Waals surface area contributed by atoms with Crippen molar-refractivity contribution >= 4 is 17.2 Å². The second-order valence-electron chi connectivity index (χ2n) is 4.93. The normalized spacial score (nSPS) is 16.5. The van der Waals surface area contributed by atoms with Crippen LogP contribution >= 0.6 is 11.3 Å². The molecule has 20 heavy (non-hydrogen) atoms. The molecule has 1 unspecified atom stereocenters. The molecular weight excluding hydrogens is 272 g/mol. The molecule has 2 N–H and O–H groups in total. The third-order valence-electron chi connectivity index (χ3n) is 3.44. The molecule has 4 nitrogen and oxygen atoms in total. The summed E-state index contributed by atoms with van der Waals surface area (Å²) in [6.07, 6.45) is 2.52. The third kappa shape index (κ3) is 4.07. The Balaban J connectivity index is 1.83. The number of hydrogen-bond acceptors (Lipinski definition) is 4. The molecular formula is C15H20N2O2S. The van der Waals surface area contributed by atoms with E-state index in [0.29, 0.717) is 17.5 Å². The van der Waals surface area contributed by atoms with Crippen molar-refractivity contribution in [3.63, 3.8) is 0 Å². The maximum absolute atomic E-state index is 12.0. The van der Waals surface area contributed by atoms with Gasteiger partial charge in [0.25, 0.3) is 5.91 Å². The van der Waals surface area contributed by atoms with Crippen molar-refractivity contribution in [3.8, 4) is 11.8 Å². The number of carbonyl (C=O) groups excluding carboxylic acids is 1. The lowest BCUT2D eigenvalue weighted by Gasteiger charge is -2.23. The molecule has 1 aliphatic rings. The van der Waals surface area contributed by atoms with Crippen LogP contribution in [0.15, 0.2) is 12.1 Å². The molecule has 1 fully saturated rings. The van der Waals surface area contributed by atoms with Crippen molar-refractivity contribution in [2.75, 3.05) is 26.2 Å². The summed E-state index contributed by atoms with van der Waals surface area (Å²) in [7, 11) is 0. The average molecular weight is 292 g/mol. The van der Waals surface area contributed by atoms with Crippen LogP contribution in [0.1, 0.15) is 34.3 Å². The number of nitrogens with one attached hydrogen (secondary N) is 1. The lowest BCUT2D eigenvalue weighted by atomic mass is 10.3. The van der Waals surface area contributed by atoms with Crippen LogP contribution in [0, 0.1) is 11.8 Å². The molecule has 5 heteroatoms. The first-order chi connectivity index (χ1) is 9.70. The molecule has 2 heterocycles.